The van der Waals surface area contributed by atoms with Crippen molar-refractivity contribution in [1.82, 2.24) is 0 Å². The van der Waals surface area contributed by atoms with E-state index >= 15 is 0 Å². The van der Waals surface area contributed by atoms with Crippen molar-refractivity contribution < 1.29 is 14.1 Å². The molecule has 0 aliphatic rings. The molecule has 1 rings (SSSR count). The van der Waals surface area contributed by atoms with Gasteiger partial charge in [0.05, 0.1) is 15.8 Å². The summed E-state index contributed by atoms with van der Waals surface area (Å²) in [4.78, 5) is 21.2. The summed E-state index contributed by atoms with van der Waals surface area (Å²) in [5.74, 6) is -1.24. The molecule has 0 radical (unpaired) electrons. The second-order valence-electron chi connectivity index (χ2n) is 2.57. The molecule has 0 saturated heterocycles. The van der Waals surface area contributed by atoms with Crippen molar-refractivity contribution in [1.29, 1.82) is 0 Å². The summed E-state index contributed by atoms with van der Waals surface area (Å²) in [7, 11) is 0. The zero-order valence-electron chi connectivity index (χ0n) is 7.17. The van der Waals surface area contributed by atoms with Gasteiger partial charge in [-0.3, -0.25) is 14.9 Å². The van der Waals surface area contributed by atoms with Gasteiger partial charge in [0.1, 0.15) is 10.3 Å². The van der Waals surface area contributed by atoms with Crippen LogP contribution in [-0.4, -0.2) is 16.0 Å². The summed E-state index contributed by atoms with van der Waals surface area (Å²) in [6, 6.07) is 2.11. The summed E-state index contributed by atoms with van der Waals surface area (Å²) in [6.07, 6.45) is 0. The van der Waals surface area contributed by atoms with Crippen molar-refractivity contribution in [3.63, 3.8) is 0 Å². The van der Waals surface area contributed by atoms with Crippen LogP contribution in [-0.2, 0) is 0 Å². The first-order valence-electron chi connectivity index (χ1n) is 3.70. The van der Waals surface area contributed by atoms with Crippen LogP contribution in [0.2, 0.25) is 0 Å². The highest BCUT2D eigenvalue weighted by atomic mass is 79.9. The van der Waals surface area contributed by atoms with E-state index in [0.29, 0.717) is 0 Å². The summed E-state index contributed by atoms with van der Waals surface area (Å²) in [6.45, 7) is 0. The van der Waals surface area contributed by atoms with Gasteiger partial charge in [-0.15, -0.1) is 0 Å². The molecule has 4 nitrogen and oxygen atoms in total. The maximum atomic E-state index is 13.0. The molecule has 0 amide bonds. The molecule has 0 aromatic heterocycles. The minimum Gasteiger partial charge on any atom is -0.293 e. The smallest absolute Gasteiger partial charge is 0.293 e. The summed E-state index contributed by atoms with van der Waals surface area (Å²) in [5, 5.41) is 10.6. The molecule has 0 aliphatic carbocycles. The molecule has 7 heteroatoms. The lowest BCUT2D eigenvalue weighted by Crippen LogP contribution is -2.06. The molecule has 0 bridgehead atoms. The highest BCUT2D eigenvalue weighted by Gasteiger charge is 2.25. The van der Waals surface area contributed by atoms with Gasteiger partial charge in [0.25, 0.3) is 5.69 Å². The molecule has 15 heavy (non-hydrogen) atoms. The SMILES string of the molecule is O=C(CBr)c1ccc(F)c(Br)c1[N+](=O)[O-]. The van der Waals surface area contributed by atoms with Crippen LogP contribution in [0.5, 0.6) is 0 Å². The molecule has 0 unspecified atom stereocenters. The van der Waals surface area contributed by atoms with Gasteiger partial charge in [0, 0.05) is 0 Å². The van der Waals surface area contributed by atoms with Gasteiger partial charge in [0.15, 0.2) is 5.78 Å². The minimum atomic E-state index is -0.789. The molecule has 0 aliphatic heterocycles. The number of hydrogen-bond donors (Lipinski definition) is 0. The molecule has 0 spiro atoms. The Kier molecular flexibility index (Phi) is 3.92. The first-order chi connectivity index (χ1) is 6.99. The molecule has 1 aromatic carbocycles. The van der Waals surface area contributed by atoms with Gasteiger partial charge < -0.3 is 0 Å². The Morgan fingerprint density at radius 1 is 1.53 bits per heavy atom. The lowest BCUT2D eigenvalue weighted by atomic mass is 10.1. The van der Waals surface area contributed by atoms with Crippen LogP contribution in [0.25, 0.3) is 0 Å². The monoisotopic (exact) mass is 339 g/mol. The average Bonchev–Trinajstić information content (AvgIpc) is 2.20. The topological polar surface area (TPSA) is 60.2 Å². The van der Waals surface area contributed by atoms with Crippen molar-refractivity contribution in [2.24, 2.45) is 0 Å². The maximum Gasteiger partial charge on any atom is 0.297 e. The van der Waals surface area contributed by atoms with E-state index in [1.807, 2.05) is 0 Å². The number of alkyl halides is 1. The minimum absolute atomic E-state index is 0.0497. The highest BCUT2D eigenvalue weighted by molar-refractivity contribution is 9.10. The Labute approximate surface area is 101 Å². The number of halogens is 3. The van der Waals surface area contributed by atoms with E-state index in [0.717, 1.165) is 12.1 Å². The fourth-order valence-electron chi connectivity index (χ4n) is 1.02. The van der Waals surface area contributed by atoms with Gasteiger partial charge in [-0.2, -0.15) is 0 Å². The van der Waals surface area contributed by atoms with Crippen molar-refractivity contribution in [3.8, 4) is 0 Å². The molecular formula is C8H4Br2FNO3. The Hall–Kier alpha value is -0.820. The third kappa shape index (κ3) is 2.40. The Bertz CT molecular complexity index is 436. The van der Waals surface area contributed by atoms with Gasteiger partial charge in [-0.25, -0.2) is 4.39 Å². The molecule has 80 valence electrons. The first kappa shape index (κ1) is 12.3. The number of nitro benzene ring substituents is 1. The molecule has 0 heterocycles. The van der Waals surface area contributed by atoms with E-state index in [4.69, 9.17) is 0 Å². The summed E-state index contributed by atoms with van der Waals surface area (Å²) in [5.41, 5.74) is -0.662. The largest absolute Gasteiger partial charge is 0.297 e. The molecular weight excluding hydrogens is 337 g/mol. The van der Waals surface area contributed by atoms with Crippen LogP contribution in [0, 0.1) is 15.9 Å². The van der Waals surface area contributed by atoms with E-state index in [1.54, 1.807) is 0 Å². The van der Waals surface area contributed by atoms with Crippen LogP contribution in [0.15, 0.2) is 16.6 Å². The van der Waals surface area contributed by atoms with E-state index in [9.17, 15) is 19.3 Å². The van der Waals surface area contributed by atoms with E-state index in [1.165, 1.54) is 0 Å². The standard InChI is InChI=1S/C8H4Br2FNO3/c9-3-6(13)4-1-2-5(11)7(10)8(4)12(14)15/h1-2H,3H2. The van der Waals surface area contributed by atoms with Crippen molar-refractivity contribution >= 4 is 43.3 Å². The number of nitrogens with zero attached hydrogens (tertiary/aromatic N) is 1. The van der Waals surface area contributed by atoms with E-state index in [2.05, 4.69) is 31.9 Å². The number of nitro groups is 1. The second-order valence-corrected chi connectivity index (χ2v) is 3.93. The third-order valence-electron chi connectivity index (χ3n) is 1.67. The van der Waals surface area contributed by atoms with Gasteiger partial charge in [-0.1, -0.05) is 15.9 Å². The molecule has 0 fully saturated rings. The number of carbonyl (C=O) groups is 1. The van der Waals surface area contributed by atoms with Gasteiger partial charge in [0.2, 0.25) is 0 Å². The third-order valence-corrected chi connectivity index (χ3v) is 2.94. The predicted octanol–water partition coefficient (Wildman–Crippen LogP) is 3.07. The van der Waals surface area contributed by atoms with Crippen LogP contribution in [0.3, 0.4) is 0 Å². The number of benzene rings is 1. The highest BCUT2D eigenvalue weighted by Crippen LogP contribution is 2.31. The lowest BCUT2D eigenvalue weighted by molar-refractivity contribution is -0.386. The molecule has 1 aromatic rings. The zero-order valence-corrected chi connectivity index (χ0v) is 10.3. The normalized spacial score (nSPS) is 10.1. The predicted molar refractivity (Wildman–Crippen MR) is 58.9 cm³/mol. The lowest BCUT2D eigenvalue weighted by Gasteiger charge is -2.02. The van der Waals surface area contributed by atoms with Crippen LogP contribution in [0.1, 0.15) is 10.4 Å². The quantitative estimate of drug-likeness (QED) is 0.367. The Balaban J connectivity index is 3.46. The molecule has 0 atom stereocenters. The fraction of sp³-hybridized carbons (Fsp3) is 0.125. The first-order valence-corrected chi connectivity index (χ1v) is 5.62. The zero-order chi connectivity index (χ0) is 11.6. The Morgan fingerprint density at radius 3 is 2.60 bits per heavy atom. The number of Topliss-reactive ketones (excluding diaryl/α,β-unsaturated/α-hetero) is 1. The summed E-state index contributed by atoms with van der Waals surface area (Å²) < 4.78 is 12.7. The van der Waals surface area contributed by atoms with Crippen molar-refractivity contribution in [2.45, 2.75) is 0 Å². The second kappa shape index (κ2) is 4.80. The number of hydrogen-bond acceptors (Lipinski definition) is 3. The Morgan fingerprint density at radius 2 is 2.13 bits per heavy atom. The van der Waals surface area contributed by atoms with Crippen molar-refractivity contribution in [3.05, 3.63) is 38.1 Å². The number of rotatable bonds is 3. The average molecular weight is 341 g/mol. The number of ketones is 1. The molecule has 0 saturated carbocycles. The summed E-state index contributed by atoms with van der Waals surface area (Å²) >= 11 is 5.64. The number of carbonyl (C=O) groups excluding carboxylic acids is 1. The van der Waals surface area contributed by atoms with Crippen LogP contribution in [0.4, 0.5) is 10.1 Å². The molecule has 0 N–H and O–H groups in total. The van der Waals surface area contributed by atoms with Crippen molar-refractivity contribution in [2.75, 3.05) is 5.33 Å². The van der Waals surface area contributed by atoms with Crippen LogP contribution >= 0.6 is 31.9 Å². The van der Waals surface area contributed by atoms with Crippen LogP contribution < -0.4 is 0 Å². The fourth-order valence-corrected chi connectivity index (χ4v) is 1.81. The van der Waals surface area contributed by atoms with Gasteiger partial charge >= 0.3 is 0 Å². The van der Waals surface area contributed by atoms with Gasteiger partial charge in [-0.05, 0) is 28.1 Å². The van der Waals surface area contributed by atoms with E-state index in [-0.39, 0.29) is 15.4 Å². The maximum absolute atomic E-state index is 13.0. The van der Waals surface area contributed by atoms with E-state index < -0.39 is 22.2 Å².